The van der Waals surface area contributed by atoms with Crippen molar-refractivity contribution in [2.45, 2.75) is 6.54 Å². The van der Waals surface area contributed by atoms with Crippen LogP contribution in [0.5, 0.6) is 0 Å². The van der Waals surface area contributed by atoms with Crippen molar-refractivity contribution in [3.8, 4) is 6.07 Å². The molecule has 17 heavy (non-hydrogen) atoms. The number of nitrogens with two attached hydrogens (primary N) is 1. The number of benzene rings is 1. The van der Waals surface area contributed by atoms with E-state index in [-0.39, 0.29) is 18.1 Å². The number of anilines is 1. The second-order valence-corrected chi connectivity index (χ2v) is 4.07. The molecular weight excluding hydrogens is 289 g/mol. The first-order valence-electron chi connectivity index (χ1n) is 4.64. The maximum atomic E-state index is 13.2. The van der Waals surface area contributed by atoms with E-state index < -0.39 is 5.82 Å². The Labute approximate surface area is 105 Å². The number of aromatic nitrogens is 3. The van der Waals surface area contributed by atoms with E-state index >= 15 is 0 Å². The fourth-order valence-corrected chi connectivity index (χ4v) is 1.81. The normalized spacial score (nSPS) is 10.2. The Bertz CT molecular complexity index is 601. The zero-order valence-corrected chi connectivity index (χ0v) is 10.1. The Balaban J connectivity index is 2.33. The maximum Gasteiger partial charge on any atom is 0.240 e. The monoisotopic (exact) mass is 295 g/mol. The van der Waals surface area contributed by atoms with E-state index in [1.807, 2.05) is 6.07 Å². The molecule has 0 amide bonds. The summed E-state index contributed by atoms with van der Waals surface area (Å²) < 4.78 is 15.1. The molecule has 0 radical (unpaired) electrons. The fraction of sp³-hybridized carbons (Fsp3) is 0.100. The van der Waals surface area contributed by atoms with Crippen LogP contribution in [0.15, 0.2) is 22.9 Å². The highest BCUT2D eigenvalue weighted by molar-refractivity contribution is 9.10. The van der Waals surface area contributed by atoms with Gasteiger partial charge in [-0.2, -0.15) is 10.2 Å². The van der Waals surface area contributed by atoms with Crippen LogP contribution in [0.2, 0.25) is 0 Å². The molecule has 0 unspecified atom stereocenters. The summed E-state index contributed by atoms with van der Waals surface area (Å²) >= 11 is 3.18. The lowest BCUT2D eigenvalue weighted by atomic mass is 10.1. The third kappa shape index (κ3) is 2.60. The Morgan fingerprint density at radius 2 is 2.24 bits per heavy atom. The Morgan fingerprint density at radius 3 is 2.82 bits per heavy atom. The van der Waals surface area contributed by atoms with E-state index in [1.165, 1.54) is 16.8 Å². The van der Waals surface area contributed by atoms with Crippen LogP contribution in [0, 0.1) is 17.1 Å². The highest BCUT2D eigenvalue weighted by atomic mass is 79.9. The minimum atomic E-state index is -0.455. The molecule has 0 aliphatic rings. The van der Waals surface area contributed by atoms with Gasteiger partial charge in [-0.3, -0.25) is 0 Å². The number of nitrogen functional groups attached to an aromatic ring is 1. The van der Waals surface area contributed by atoms with Crippen LogP contribution in [-0.2, 0) is 6.54 Å². The third-order valence-electron chi connectivity index (χ3n) is 2.06. The van der Waals surface area contributed by atoms with Crippen LogP contribution in [-0.4, -0.2) is 14.8 Å². The summed E-state index contributed by atoms with van der Waals surface area (Å²) in [5.41, 5.74) is 6.31. The lowest BCUT2D eigenvalue weighted by molar-refractivity contribution is 0.616. The van der Waals surface area contributed by atoms with E-state index in [4.69, 9.17) is 11.0 Å². The molecule has 1 heterocycles. The molecule has 5 nitrogen and oxygen atoms in total. The summed E-state index contributed by atoms with van der Waals surface area (Å²) in [6.07, 6.45) is 0. The number of hydrogen-bond acceptors (Lipinski definition) is 4. The minimum Gasteiger partial charge on any atom is -0.366 e. The first-order valence-corrected chi connectivity index (χ1v) is 5.43. The first-order chi connectivity index (χ1) is 8.08. The highest BCUT2D eigenvalue weighted by Crippen LogP contribution is 2.13. The van der Waals surface area contributed by atoms with Gasteiger partial charge in [-0.15, -0.1) is 5.10 Å². The zero-order chi connectivity index (χ0) is 12.4. The standard InChI is InChI=1S/C10H7BrFN5/c11-9-15-10(14)16-17(9)5-7-1-6(4-13)2-8(12)3-7/h1-3H,5H2,(H2,14,16). The smallest absolute Gasteiger partial charge is 0.240 e. The van der Waals surface area contributed by atoms with Gasteiger partial charge in [0.15, 0.2) is 4.73 Å². The van der Waals surface area contributed by atoms with Gasteiger partial charge >= 0.3 is 0 Å². The van der Waals surface area contributed by atoms with Gasteiger partial charge in [0.05, 0.1) is 18.2 Å². The first kappa shape index (κ1) is 11.5. The number of halogens is 2. The van der Waals surface area contributed by atoms with Gasteiger partial charge in [0.2, 0.25) is 5.95 Å². The molecule has 86 valence electrons. The van der Waals surface area contributed by atoms with Crippen LogP contribution in [0.1, 0.15) is 11.1 Å². The molecule has 0 fully saturated rings. The Kier molecular flexibility index (Phi) is 3.06. The van der Waals surface area contributed by atoms with E-state index in [2.05, 4.69) is 26.0 Å². The average molecular weight is 296 g/mol. The lowest BCUT2D eigenvalue weighted by Crippen LogP contribution is -2.03. The second-order valence-electron chi connectivity index (χ2n) is 3.36. The van der Waals surface area contributed by atoms with Gasteiger partial charge in [-0.25, -0.2) is 9.07 Å². The minimum absolute atomic E-state index is 0.133. The summed E-state index contributed by atoms with van der Waals surface area (Å²) in [6.45, 7) is 0.289. The molecule has 2 aromatic rings. The molecule has 7 heteroatoms. The molecule has 0 spiro atoms. The quantitative estimate of drug-likeness (QED) is 0.914. The van der Waals surface area contributed by atoms with Crippen molar-refractivity contribution in [3.05, 3.63) is 39.9 Å². The van der Waals surface area contributed by atoms with Gasteiger partial charge in [0, 0.05) is 0 Å². The zero-order valence-electron chi connectivity index (χ0n) is 8.56. The highest BCUT2D eigenvalue weighted by Gasteiger charge is 2.07. The predicted molar refractivity (Wildman–Crippen MR) is 62.4 cm³/mol. The second kappa shape index (κ2) is 4.51. The van der Waals surface area contributed by atoms with Crippen LogP contribution in [0.3, 0.4) is 0 Å². The SMILES string of the molecule is N#Cc1cc(F)cc(Cn2nc(N)nc2Br)c1. The van der Waals surface area contributed by atoms with Crippen molar-refractivity contribution < 1.29 is 4.39 Å². The average Bonchev–Trinajstić information content (AvgIpc) is 2.56. The van der Waals surface area contributed by atoms with E-state index in [1.54, 1.807) is 6.07 Å². The molecular formula is C10H7BrFN5. The van der Waals surface area contributed by atoms with Crippen LogP contribution < -0.4 is 5.73 Å². The molecule has 0 saturated heterocycles. The van der Waals surface area contributed by atoms with Gasteiger partial charge in [0.25, 0.3) is 0 Å². The molecule has 0 aliphatic carbocycles. The lowest BCUT2D eigenvalue weighted by Gasteiger charge is -2.03. The van der Waals surface area contributed by atoms with E-state index in [0.717, 1.165) is 0 Å². The summed E-state index contributed by atoms with van der Waals surface area (Å²) in [4.78, 5) is 3.86. The van der Waals surface area contributed by atoms with Gasteiger partial charge < -0.3 is 5.73 Å². The Hall–Kier alpha value is -1.94. The largest absolute Gasteiger partial charge is 0.366 e. The predicted octanol–water partition coefficient (Wildman–Crippen LogP) is 1.68. The number of rotatable bonds is 2. The molecule has 1 aromatic heterocycles. The molecule has 2 N–H and O–H groups in total. The van der Waals surface area contributed by atoms with Crippen molar-refractivity contribution in [1.82, 2.24) is 14.8 Å². The van der Waals surface area contributed by atoms with Crippen molar-refractivity contribution in [2.24, 2.45) is 0 Å². The molecule has 0 atom stereocenters. The summed E-state index contributed by atoms with van der Waals surface area (Å²) in [7, 11) is 0. The van der Waals surface area contributed by atoms with Crippen molar-refractivity contribution >= 4 is 21.9 Å². The number of nitriles is 1. The van der Waals surface area contributed by atoms with E-state index in [0.29, 0.717) is 10.3 Å². The van der Waals surface area contributed by atoms with Crippen molar-refractivity contribution in [3.63, 3.8) is 0 Å². The molecule has 0 aliphatic heterocycles. The molecule has 0 bridgehead atoms. The topological polar surface area (TPSA) is 80.5 Å². The summed E-state index contributed by atoms with van der Waals surface area (Å²) in [5.74, 6) is -0.322. The van der Waals surface area contributed by atoms with Gasteiger partial charge in [-0.05, 0) is 39.7 Å². The van der Waals surface area contributed by atoms with Crippen LogP contribution >= 0.6 is 15.9 Å². The molecule has 2 rings (SSSR count). The third-order valence-corrected chi connectivity index (χ3v) is 2.65. The van der Waals surface area contributed by atoms with Gasteiger partial charge in [-0.1, -0.05) is 0 Å². The number of nitrogens with zero attached hydrogens (tertiary/aromatic N) is 4. The molecule has 1 aromatic carbocycles. The van der Waals surface area contributed by atoms with Crippen LogP contribution in [0.4, 0.5) is 10.3 Å². The van der Waals surface area contributed by atoms with Crippen LogP contribution in [0.25, 0.3) is 0 Å². The van der Waals surface area contributed by atoms with Gasteiger partial charge in [0.1, 0.15) is 5.82 Å². The van der Waals surface area contributed by atoms with Crippen molar-refractivity contribution in [1.29, 1.82) is 5.26 Å². The summed E-state index contributed by atoms with van der Waals surface area (Å²) in [5, 5.41) is 12.7. The Morgan fingerprint density at radius 1 is 1.47 bits per heavy atom. The maximum absolute atomic E-state index is 13.2. The fourth-order valence-electron chi connectivity index (χ4n) is 1.42. The summed E-state index contributed by atoms with van der Waals surface area (Å²) in [6, 6.07) is 6.00. The molecule has 0 saturated carbocycles. The van der Waals surface area contributed by atoms with Crippen molar-refractivity contribution in [2.75, 3.05) is 5.73 Å². The number of hydrogen-bond donors (Lipinski definition) is 1. The van der Waals surface area contributed by atoms with E-state index in [9.17, 15) is 4.39 Å².